The van der Waals surface area contributed by atoms with Crippen LogP contribution in [0.5, 0.6) is 0 Å². The first-order chi connectivity index (χ1) is 12.5. The fourth-order valence-corrected chi connectivity index (χ4v) is 2.46. The number of hydrogen-bond donors (Lipinski definition) is 2. The topological polar surface area (TPSA) is 89.5 Å². The summed E-state index contributed by atoms with van der Waals surface area (Å²) in [4.78, 5) is 28.7. The maximum absolute atomic E-state index is 12.3. The Hall–Kier alpha value is -2.77. The molecular weight excluding hydrogens is 334 g/mol. The van der Waals surface area contributed by atoms with Crippen LogP contribution in [0.1, 0.15) is 24.1 Å². The second kappa shape index (κ2) is 9.07. The van der Waals surface area contributed by atoms with Gasteiger partial charge in [0.05, 0.1) is 0 Å². The molecule has 0 saturated heterocycles. The summed E-state index contributed by atoms with van der Waals surface area (Å²) < 4.78 is 10.7. The van der Waals surface area contributed by atoms with Gasteiger partial charge in [-0.2, -0.15) is 0 Å². The third-order valence-electron chi connectivity index (χ3n) is 3.97. The molecule has 7 nitrogen and oxygen atoms in total. The van der Waals surface area contributed by atoms with E-state index >= 15 is 0 Å². The molecule has 26 heavy (non-hydrogen) atoms. The lowest BCUT2D eigenvalue weighted by atomic mass is 10.1. The second-order valence-corrected chi connectivity index (χ2v) is 5.71. The van der Waals surface area contributed by atoms with Crippen LogP contribution < -0.4 is 10.6 Å². The lowest BCUT2D eigenvalue weighted by Crippen LogP contribution is -2.53. The number of nitrogens with one attached hydrogen (secondary N) is 2. The van der Waals surface area contributed by atoms with Crippen molar-refractivity contribution in [1.29, 1.82) is 0 Å². The summed E-state index contributed by atoms with van der Waals surface area (Å²) >= 11 is 0. The van der Waals surface area contributed by atoms with Gasteiger partial charge in [-0.15, -0.1) is 0 Å². The third-order valence-corrected chi connectivity index (χ3v) is 3.97. The highest BCUT2D eigenvalue weighted by Crippen LogP contribution is 2.22. The number of rotatable bonds is 7. The second-order valence-electron chi connectivity index (χ2n) is 5.71. The number of ether oxygens (including phenoxy) is 2. The zero-order valence-corrected chi connectivity index (χ0v) is 15.1. The Kier molecular flexibility index (Phi) is 6.82. The fraction of sp³-hybridized carbons (Fsp3) is 0.316. The van der Waals surface area contributed by atoms with Crippen LogP contribution in [0.2, 0.25) is 0 Å². The Bertz CT molecular complexity index is 718. The first-order valence-electron chi connectivity index (χ1n) is 8.19. The number of nitrogens with zero attached hydrogens (tertiary/aromatic N) is 1. The van der Waals surface area contributed by atoms with Crippen LogP contribution >= 0.6 is 0 Å². The summed E-state index contributed by atoms with van der Waals surface area (Å²) in [7, 11) is 2.77. The normalized spacial score (nSPS) is 12.3. The highest BCUT2D eigenvalue weighted by Gasteiger charge is 2.36. The zero-order chi connectivity index (χ0) is 19.0. The number of hydrogen-bond acceptors (Lipinski definition) is 5. The van der Waals surface area contributed by atoms with Crippen molar-refractivity contribution in [2.24, 2.45) is 0 Å². The van der Waals surface area contributed by atoms with Gasteiger partial charge in [-0.25, -0.2) is 0 Å². The van der Waals surface area contributed by atoms with Gasteiger partial charge >= 0.3 is 11.8 Å². The maximum atomic E-state index is 12.3. The van der Waals surface area contributed by atoms with Crippen LogP contribution in [0.25, 0.3) is 0 Å². The molecule has 1 unspecified atom stereocenters. The number of pyridine rings is 1. The van der Waals surface area contributed by atoms with Gasteiger partial charge < -0.3 is 14.8 Å². The standard InChI is InChI=1S/C19H23N3O4/c1-14(16-11-7-8-12-20-16)13-21-17(23)18(24)22-19(25-2,26-3)15-9-5-4-6-10-15/h4-12,14H,13H2,1-3H3,(H,21,23)(H,22,24). The Morgan fingerprint density at radius 1 is 1.04 bits per heavy atom. The monoisotopic (exact) mass is 357 g/mol. The van der Waals surface area contributed by atoms with Crippen molar-refractivity contribution in [2.45, 2.75) is 18.8 Å². The summed E-state index contributed by atoms with van der Waals surface area (Å²) in [6, 6.07) is 14.4. The molecule has 2 rings (SSSR count). The van der Waals surface area contributed by atoms with Gasteiger partial charge in [-0.3, -0.25) is 19.9 Å². The van der Waals surface area contributed by atoms with Crippen molar-refractivity contribution in [3.05, 3.63) is 66.0 Å². The molecule has 0 saturated carbocycles. The number of carbonyl (C=O) groups is 2. The molecule has 0 aliphatic heterocycles. The average Bonchev–Trinajstić information content (AvgIpc) is 2.71. The van der Waals surface area contributed by atoms with Crippen LogP contribution in [0.3, 0.4) is 0 Å². The van der Waals surface area contributed by atoms with Crippen LogP contribution in [-0.4, -0.2) is 37.6 Å². The van der Waals surface area contributed by atoms with Gasteiger partial charge in [0.2, 0.25) is 0 Å². The van der Waals surface area contributed by atoms with Gasteiger partial charge in [-0.05, 0) is 12.1 Å². The Morgan fingerprint density at radius 2 is 1.69 bits per heavy atom. The van der Waals surface area contributed by atoms with Crippen molar-refractivity contribution in [2.75, 3.05) is 20.8 Å². The van der Waals surface area contributed by atoms with E-state index in [4.69, 9.17) is 9.47 Å². The van der Waals surface area contributed by atoms with E-state index in [0.717, 1.165) is 5.69 Å². The van der Waals surface area contributed by atoms with Gasteiger partial charge in [0, 0.05) is 44.1 Å². The van der Waals surface area contributed by atoms with Crippen molar-refractivity contribution in [3.8, 4) is 0 Å². The molecule has 1 atom stereocenters. The van der Waals surface area contributed by atoms with Crippen LogP contribution in [-0.2, 0) is 25.0 Å². The van der Waals surface area contributed by atoms with E-state index in [0.29, 0.717) is 5.56 Å². The van der Waals surface area contributed by atoms with Gasteiger partial charge in [0.1, 0.15) is 0 Å². The molecule has 0 aliphatic carbocycles. The van der Waals surface area contributed by atoms with Crippen LogP contribution in [0.15, 0.2) is 54.7 Å². The largest absolute Gasteiger partial charge is 0.347 e. The van der Waals surface area contributed by atoms with Crippen molar-refractivity contribution in [3.63, 3.8) is 0 Å². The first-order valence-corrected chi connectivity index (χ1v) is 8.19. The van der Waals surface area contributed by atoms with E-state index in [1.165, 1.54) is 14.2 Å². The molecule has 1 heterocycles. The zero-order valence-electron chi connectivity index (χ0n) is 15.1. The van der Waals surface area contributed by atoms with E-state index < -0.39 is 17.7 Å². The predicted octanol–water partition coefficient (Wildman–Crippen LogP) is 1.52. The number of aromatic nitrogens is 1. The number of methoxy groups -OCH3 is 2. The summed E-state index contributed by atoms with van der Waals surface area (Å²) in [6.45, 7) is 2.20. The minimum Gasteiger partial charge on any atom is -0.347 e. The average molecular weight is 357 g/mol. The summed E-state index contributed by atoms with van der Waals surface area (Å²) in [5.41, 5.74) is 1.40. The Labute approximate surface area is 152 Å². The third kappa shape index (κ3) is 4.65. The highest BCUT2D eigenvalue weighted by molar-refractivity contribution is 6.35. The number of carbonyl (C=O) groups excluding carboxylic acids is 2. The molecule has 0 aliphatic rings. The molecule has 7 heteroatoms. The molecule has 1 aromatic heterocycles. The number of amides is 2. The first kappa shape index (κ1) is 19.6. The smallest absolute Gasteiger partial charge is 0.313 e. The van der Waals surface area contributed by atoms with Crippen molar-refractivity contribution >= 4 is 11.8 Å². The Balaban J connectivity index is 1.99. The lowest BCUT2D eigenvalue weighted by Gasteiger charge is -2.31. The van der Waals surface area contributed by atoms with Gasteiger partial charge in [-0.1, -0.05) is 43.3 Å². The minimum absolute atomic E-state index is 0.0309. The Morgan fingerprint density at radius 3 is 2.27 bits per heavy atom. The molecule has 2 aromatic rings. The van der Waals surface area contributed by atoms with E-state index in [1.54, 1.807) is 30.5 Å². The molecule has 2 amide bonds. The molecule has 0 fully saturated rings. The molecule has 1 aromatic carbocycles. The van der Waals surface area contributed by atoms with Gasteiger partial charge in [0.15, 0.2) is 0 Å². The SMILES string of the molecule is COC(NC(=O)C(=O)NCC(C)c1ccccn1)(OC)c1ccccc1. The lowest BCUT2D eigenvalue weighted by molar-refractivity contribution is -0.236. The summed E-state index contributed by atoms with van der Waals surface area (Å²) in [5, 5.41) is 5.10. The van der Waals surface area contributed by atoms with Crippen LogP contribution in [0.4, 0.5) is 0 Å². The summed E-state index contributed by atoms with van der Waals surface area (Å²) in [6.07, 6.45) is 1.69. The maximum Gasteiger partial charge on any atom is 0.313 e. The quantitative estimate of drug-likeness (QED) is 0.579. The molecule has 0 radical (unpaired) electrons. The fourth-order valence-electron chi connectivity index (χ4n) is 2.46. The van der Waals surface area contributed by atoms with E-state index in [-0.39, 0.29) is 12.5 Å². The van der Waals surface area contributed by atoms with Crippen LogP contribution in [0, 0.1) is 0 Å². The molecule has 0 spiro atoms. The minimum atomic E-state index is -1.54. The van der Waals surface area contributed by atoms with E-state index in [2.05, 4.69) is 15.6 Å². The van der Waals surface area contributed by atoms with Crippen molar-refractivity contribution < 1.29 is 19.1 Å². The van der Waals surface area contributed by atoms with Gasteiger partial charge in [0.25, 0.3) is 5.91 Å². The van der Waals surface area contributed by atoms with E-state index in [9.17, 15) is 9.59 Å². The summed E-state index contributed by atoms with van der Waals surface area (Å²) in [5.74, 6) is -3.20. The molecule has 138 valence electrons. The van der Waals surface area contributed by atoms with E-state index in [1.807, 2.05) is 31.2 Å². The molecule has 0 bridgehead atoms. The van der Waals surface area contributed by atoms with Crippen molar-refractivity contribution in [1.82, 2.24) is 15.6 Å². The number of benzene rings is 1. The molecular formula is C19H23N3O4. The molecule has 2 N–H and O–H groups in total. The predicted molar refractivity (Wildman–Crippen MR) is 95.9 cm³/mol. The highest BCUT2D eigenvalue weighted by atomic mass is 16.7.